The average Bonchev–Trinajstić information content (AvgIpc) is 2.88. The van der Waals surface area contributed by atoms with Crippen molar-refractivity contribution in [3.05, 3.63) is 63.6 Å². The molecule has 114 valence electrons. The summed E-state index contributed by atoms with van der Waals surface area (Å²) in [6.45, 7) is 0.787. The smallest absolute Gasteiger partial charge is 0.163 e. The first-order chi connectivity index (χ1) is 10.6. The number of fused-ring (bicyclic) bond motifs is 3. The minimum atomic E-state index is -0.792. The van der Waals surface area contributed by atoms with E-state index >= 15 is 0 Å². The molecule has 0 aliphatic carbocycles. The molecular formula is C17H15BrF2N2. The summed E-state index contributed by atoms with van der Waals surface area (Å²) in [6, 6.07) is 10.3. The van der Waals surface area contributed by atoms with Crippen LogP contribution in [0.15, 0.2) is 40.9 Å². The van der Waals surface area contributed by atoms with Crippen molar-refractivity contribution in [1.29, 1.82) is 0 Å². The molecule has 0 saturated carbocycles. The van der Waals surface area contributed by atoms with E-state index in [9.17, 15) is 8.78 Å². The van der Waals surface area contributed by atoms with Gasteiger partial charge in [-0.15, -0.1) is 0 Å². The lowest BCUT2D eigenvalue weighted by atomic mass is 9.82. The van der Waals surface area contributed by atoms with E-state index in [4.69, 9.17) is 0 Å². The average molecular weight is 365 g/mol. The highest BCUT2D eigenvalue weighted by molar-refractivity contribution is 9.10. The van der Waals surface area contributed by atoms with Gasteiger partial charge >= 0.3 is 0 Å². The molecule has 3 atom stereocenters. The van der Waals surface area contributed by atoms with Gasteiger partial charge in [0, 0.05) is 21.6 Å². The van der Waals surface area contributed by atoms with Crippen LogP contribution in [-0.2, 0) is 0 Å². The maximum atomic E-state index is 14.2. The van der Waals surface area contributed by atoms with Gasteiger partial charge in [-0.25, -0.2) is 8.78 Å². The van der Waals surface area contributed by atoms with E-state index in [0.717, 1.165) is 29.2 Å². The Bertz CT molecular complexity index is 735. The van der Waals surface area contributed by atoms with E-state index in [0.29, 0.717) is 11.5 Å². The second-order valence-electron chi connectivity index (χ2n) is 5.87. The van der Waals surface area contributed by atoms with Crippen LogP contribution in [0.5, 0.6) is 0 Å². The number of hydrogen-bond acceptors (Lipinski definition) is 2. The second kappa shape index (κ2) is 5.32. The number of halogens is 3. The van der Waals surface area contributed by atoms with Crippen molar-refractivity contribution in [2.45, 2.75) is 24.4 Å². The first kappa shape index (κ1) is 14.2. The third-order valence-corrected chi connectivity index (χ3v) is 5.16. The van der Waals surface area contributed by atoms with E-state index in [1.807, 2.05) is 12.1 Å². The molecule has 0 radical (unpaired) electrons. The molecule has 0 bridgehead atoms. The topological polar surface area (TPSA) is 24.1 Å². The predicted octanol–water partition coefficient (Wildman–Crippen LogP) is 4.34. The van der Waals surface area contributed by atoms with Crippen molar-refractivity contribution in [2.24, 2.45) is 0 Å². The van der Waals surface area contributed by atoms with Gasteiger partial charge in [0.2, 0.25) is 0 Å². The quantitative estimate of drug-likeness (QED) is 0.786. The molecule has 0 amide bonds. The van der Waals surface area contributed by atoms with E-state index < -0.39 is 11.6 Å². The van der Waals surface area contributed by atoms with Gasteiger partial charge in [0.05, 0.1) is 12.1 Å². The molecule has 2 nitrogen and oxygen atoms in total. The van der Waals surface area contributed by atoms with Gasteiger partial charge in [-0.2, -0.15) is 0 Å². The summed E-state index contributed by atoms with van der Waals surface area (Å²) in [5.41, 5.74) is 2.74. The van der Waals surface area contributed by atoms with Crippen LogP contribution in [0.3, 0.4) is 0 Å². The van der Waals surface area contributed by atoms with Gasteiger partial charge in [-0.1, -0.05) is 28.1 Å². The third kappa shape index (κ3) is 2.15. The Hall–Kier alpha value is -1.46. The summed E-state index contributed by atoms with van der Waals surface area (Å²) in [5, 5.41) is 6.83. The Kier molecular flexibility index (Phi) is 3.42. The molecule has 1 saturated heterocycles. The van der Waals surface area contributed by atoms with Crippen LogP contribution in [0.1, 0.15) is 29.5 Å². The summed E-state index contributed by atoms with van der Waals surface area (Å²) in [5.74, 6) is -1.24. The molecule has 2 N–H and O–H groups in total. The molecule has 1 fully saturated rings. The van der Waals surface area contributed by atoms with Crippen LogP contribution in [0.25, 0.3) is 0 Å². The normalized spacial score (nSPS) is 26.2. The molecule has 5 heteroatoms. The number of benzene rings is 2. The van der Waals surface area contributed by atoms with Crippen LogP contribution < -0.4 is 10.6 Å². The van der Waals surface area contributed by atoms with Gasteiger partial charge in [-0.3, -0.25) is 0 Å². The summed E-state index contributed by atoms with van der Waals surface area (Å²) >= 11 is 3.51. The zero-order valence-corrected chi connectivity index (χ0v) is 13.3. The maximum absolute atomic E-state index is 14.2. The first-order valence-electron chi connectivity index (χ1n) is 7.38. The van der Waals surface area contributed by atoms with Crippen LogP contribution >= 0.6 is 15.9 Å². The fourth-order valence-corrected chi connectivity index (χ4v) is 4.06. The predicted molar refractivity (Wildman–Crippen MR) is 86.0 cm³/mol. The van der Waals surface area contributed by atoms with Crippen molar-refractivity contribution in [2.75, 3.05) is 11.9 Å². The zero-order valence-electron chi connectivity index (χ0n) is 11.7. The highest BCUT2D eigenvalue weighted by Gasteiger charge is 2.41. The third-order valence-electron chi connectivity index (χ3n) is 4.66. The van der Waals surface area contributed by atoms with E-state index in [1.54, 1.807) is 12.1 Å². The maximum Gasteiger partial charge on any atom is 0.163 e. The van der Waals surface area contributed by atoms with E-state index in [-0.39, 0.29) is 12.1 Å². The molecule has 2 aliphatic rings. The minimum absolute atomic E-state index is 0.0364. The van der Waals surface area contributed by atoms with Crippen molar-refractivity contribution >= 4 is 21.6 Å². The fraction of sp³-hybridized carbons (Fsp3) is 0.294. The van der Waals surface area contributed by atoms with E-state index in [2.05, 4.69) is 32.6 Å². The summed E-state index contributed by atoms with van der Waals surface area (Å²) in [4.78, 5) is 0. The number of hydrogen-bond donors (Lipinski definition) is 2. The first-order valence-corrected chi connectivity index (χ1v) is 8.18. The SMILES string of the molecule is Fc1cccc(C2NCCC3c4cc(Br)ccc4NC32)c1F. The Labute approximate surface area is 136 Å². The Morgan fingerprint density at radius 2 is 1.95 bits per heavy atom. The molecule has 2 aliphatic heterocycles. The largest absolute Gasteiger partial charge is 0.380 e. The van der Waals surface area contributed by atoms with Crippen LogP contribution in [0.4, 0.5) is 14.5 Å². The highest BCUT2D eigenvalue weighted by Crippen LogP contribution is 2.46. The molecular weight excluding hydrogens is 350 g/mol. The minimum Gasteiger partial charge on any atom is -0.380 e. The molecule has 2 aromatic carbocycles. The number of nitrogens with one attached hydrogen (secondary N) is 2. The van der Waals surface area contributed by atoms with Crippen molar-refractivity contribution in [1.82, 2.24) is 5.32 Å². The molecule has 22 heavy (non-hydrogen) atoms. The Morgan fingerprint density at radius 1 is 1.09 bits per heavy atom. The monoisotopic (exact) mass is 364 g/mol. The van der Waals surface area contributed by atoms with Gasteiger partial charge in [0.15, 0.2) is 11.6 Å². The second-order valence-corrected chi connectivity index (χ2v) is 6.79. The van der Waals surface area contributed by atoms with Gasteiger partial charge in [0.1, 0.15) is 0 Å². The van der Waals surface area contributed by atoms with Crippen LogP contribution in [0, 0.1) is 11.6 Å². The van der Waals surface area contributed by atoms with Gasteiger partial charge in [0.25, 0.3) is 0 Å². The molecule has 3 unspecified atom stereocenters. The van der Waals surface area contributed by atoms with Gasteiger partial charge < -0.3 is 10.6 Å². The number of rotatable bonds is 1. The summed E-state index contributed by atoms with van der Waals surface area (Å²) in [7, 11) is 0. The molecule has 2 heterocycles. The van der Waals surface area contributed by atoms with E-state index in [1.165, 1.54) is 5.56 Å². The zero-order chi connectivity index (χ0) is 15.3. The lowest BCUT2D eigenvalue weighted by Crippen LogP contribution is -2.44. The Morgan fingerprint density at radius 3 is 2.82 bits per heavy atom. The lowest BCUT2D eigenvalue weighted by Gasteiger charge is -2.35. The van der Waals surface area contributed by atoms with Crippen LogP contribution in [0.2, 0.25) is 0 Å². The standard InChI is InChI=1S/C17H15BrF2N2/c18-9-4-5-14-12(8-9)10-6-7-21-16(17(10)22-14)11-2-1-3-13(19)15(11)20/h1-5,8,10,16-17,21-22H,6-7H2. The molecule has 0 spiro atoms. The van der Waals surface area contributed by atoms with Crippen molar-refractivity contribution in [3.63, 3.8) is 0 Å². The molecule has 0 aromatic heterocycles. The molecule has 2 aromatic rings. The summed E-state index contributed by atoms with van der Waals surface area (Å²) < 4.78 is 28.8. The lowest BCUT2D eigenvalue weighted by molar-refractivity contribution is 0.336. The number of piperidine rings is 1. The van der Waals surface area contributed by atoms with Crippen LogP contribution in [-0.4, -0.2) is 12.6 Å². The van der Waals surface area contributed by atoms with Gasteiger partial charge in [-0.05, 0) is 42.8 Å². The fourth-order valence-electron chi connectivity index (χ4n) is 3.68. The highest BCUT2D eigenvalue weighted by atomic mass is 79.9. The summed E-state index contributed by atoms with van der Waals surface area (Å²) in [6.07, 6.45) is 0.981. The number of anilines is 1. The van der Waals surface area contributed by atoms with Crippen molar-refractivity contribution < 1.29 is 8.78 Å². The molecule has 4 rings (SSSR count). The van der Waals surface area contributed by atoms with Crippen molar-refractivity contribution in [3.8, 4) is 0 Å². The Balaban J connectivity index is 1.74.